The van der Waals surface area contributed by atoms with Crippen molar-refractivity contribution in [3.63, 3.8) is 0 Å². The van der Waals surface area contributed by atoms with Crippen LogP contribution >= 0.6 is 0 Å². The molecule has 0 aromatic rings. The molecule has 0 fully saturated rings. The standard InChI is InChI=1S/C11H15FO.C2H6/c1-4-8(2)10-6-5-7-11(10)9(3)13-12;1-2/h5-6,10-11H,2-4,7H2,1H3;1-2H3. The minimum absolute atomic E-state index is 0.0393. The van der Waals surface area contributed by atoms with E-state index in [1.807, 2.05) is 26.8 Å². The lowest BCUT2D eigenvalue weighted by Crippen LogP contribution is -2.12. The summed E-state index contributed by atoms with van der Waals surface area (Å²) >= 11 is 0. The summed E-state index contributed by atoms with van der Waals surface area (Å²) < 4.78 is 11.9. The van der Waals surface area contributed by atoms with Crippen LogP contribution in [0.3, 0.4) is 0 Å². The summed E-state index contributed by atoms with van der Waals surface area (Å²) in [5.41, 5.74) is 1.11. The van der Waals surface area contributed by atoms with E-state index in [4.69, 9.17) is 0 Å². The lowest BCUT2D eigenvalue weighted by molar-refractivity contribution is -0.0962. The number of hydrogen-bond acceptors (Lipinski definition) is 1. The van der Waals surface area contributed by atoms with Crippen molar-refractivity contribution < 1.29 is 9.47 Å². The van der Waals surface area contributed by atoms with Gasteiger partial charge in [0.25, 0.3) is 0 Å². The molecular weight excluding hydrogens is 191 g/mol. The van der Waals surface area contributed by atoms with Crippen molar-refractivity contribution in [2.24, 2.45) is 11.8 Å². The van der Waals surface area contributed by atoms with Crippen molar-refractivity contribution in [1.29, 1.82) is 0 Å². The van der Waals surface area contributed by atoms with E-state index in [1.165, 1.54) is 0 Å². The topological polar surface area (TPSA) is 9.23 Å². The van der Waals surface area contributed by atoms with Gasteiger partial charge in [0, 0.05) is 16.4 Å². The Labute approximate surface area is 92.2 Å². The third-order valence-electron chi connectivity index (χ3n) is 2.61. The van der Waals surface area contributed by atoms with Crippen LogP contribution in [0.25, 0.3) is 0 Å². The Morgan fingerprint density at radius 1 is 1.47 bits per heavy atom. The normalized spacial score (nSPS) is 22.9. The fraction of sp³-hybridized carbons (Fsp3) is 0.538. The summed E-state index contributed by atoms with van der Waals surface area (Å²) in [6, 6.07) is 0. The molecule has 0 saturated heterocycles. The zero-order valence-electron chi connectivity index (χ0n) is 9.92. The molecule has 0 bridgehead atoms. The van der Waals surface area contributed by atoms with Gasteiger partial charge >= 0.3 is 0 Å². The second-order valence-corrected chi connectivity index (χ2v) is 3.35. The summed E-state index contributed by atoms with van der Waals surface area (Å²) in [6.07, 6.45) is 5.79. The lowest BCUT2D eigenvalue weighted by Gasteiger charge is -2.19. The molecule has 0 radical (unpaired) electrons. The van der Waals surface area contributed by atoms with Crippen molar-refractivity contribution in [2.75, 3.05) is 0 Å². The minimum Gasteiger partial charge on any atom is -0.299 e. The minimum atomic E-state index is 0.0393. The van der Waals surface area contributed by atoms with E-state index in [0.29, 0.717) is 0 Å². The van der Waals surface area contributed by atoms with Crippen LogP contribution in [0.1, 0.15) is 33.6 Å². The molecular formula is C13H21FO. The van der Waals surface area contributed by atoms with Crippen LogP contribution in [-0.4, -0.2) is 0 Å². The first-order valence-electron chi connectivity index (χ1n) is 5.52. The number of halogens is 1. The molecule has 86 valence electrons. The second kappa shape index (κ2) is 7.27. The van der Waals surface area contributed by atoms with Crippen molar-refractivity contribution in [1.82, 2.24) is 0 Å². The number of allylic oxidation sites excluding steroid dienone is 4. The molecule has 15 heavy (non-hydrogen) atoms. The fourth-order valence-corrected chi connectivity index (χ4v) is 1.70. The second-order valence-electron chi connectivity index (χ2n) is 3.35. The van der Waals surface area contributed by atoms with Crippen molar-refractivity contribution in [3.05, 3.63) is 36.6 Å². The largest absolute Gasteiger partial charge is 0.299 e. The molecule has 1 aliphatic carbocycles. The average molecular weight is 212 g/mol. The van der Waals surface area contributed by atoms with Crippen LogP contribution in [0.4, 0.5) is 4.53 Å². The Morgan fingerprint density at radius 3 is 2.53 bits per heavy atom. The number of rotatable bonds is 4. The monoisotopic (exact) mass is 212 g/mol. The van der Waals surface area contributed by atoms with Crippen molar-refractivity contribution in [3.8, 4) is 0 Å². The molecule has 1 rings (SSSR count). The molecule has 0 aliphatic heterocycles. The quantitative estimate of drug-likeness (QED) is 0.489. The van der Waals surface area contributed by atoms with Gasteiger partial charge < -0.3 is 0 Å². The van der Waals surface area contributed by atoms with E-state index >= 15 is 0 Å². The van der Waals surface area contributed by atoms with Gasteiger partial charge in [-0.1, -0.05) is 51.7 Å². The molecule has 0 amide bonds. The van der Waals surface area contributed by atoms with Gasteiger partial charge in [-0.2, -0.15) is 0 Å². The SMILES string of the molecule is C=C(CC)C1C=CCC1C(=C)OF.CC. The van der Waals surface area contributed by atoms with Crippen LogP contribution < -0.4 is 0 Å². The summed E-state index contributed by atoms with van der Waals surface area (Å²) in [7, 11) is 0. The smallest absolute Gasteiger partial charge is 0.146 e. The van der Waals surface area contributed by atoms with Crippen LogP contribution in [0.5, 0.6) is 0 Å². The Kier molecular flexibility index (Phi) is 6.76. The van der Waals surface area contributed by atoms with Gasteiger partial charge in [0.05, 0.1) is 0 Å². The van der Waals surface area contributed by atoms with Gasteiger partial charge in [0.1, 0.15) is 5.76 Å². The molecule has 1 nitrogen and oxygen atoms in total. The molecule has 0 N–H and O–H groups in total. The zero-order chi connectivity index (χ0) is 11.8. The Morgan fingerprint density at radius 2 is 2.07 bits per heavy atom. The van der Waals surface area contributed by atoms with Crippen LogP contribution in [0.15, 0.2) is 36.6 Å². The van der Waals surface area contributed by atoms with Gasteiger partial charge in [0.15, 0.2) is 0 Å². The Hall–Kier alpha value is -1.05. The van der Waals surface area contributed by atoms with E-state index in [9.17, 15) is 4.53 Å². The highest BCUT2D eigenvalue weighted by Crippen LogP contribution is 2.36. The van der Waals surface area contributed by atoms with Gasteiger partial charge in [-0.3, -0.25) is 4.94 Å². The maximum absolute atomic E-state index is 11.9. The fourth-order valence-electron chi connectivity index (χ4n) is 1.70. The summed E-state index contributed by atoms with van der Waals surface area (Å²) in [4.78, 5) is 3.68. The maximum atomic E-state index is 11.9. The highest BCUT2D eigenvalue weighted by molar-refractivity contribution is 5.21. The first-order valence-corrected chi connectivity index (χ1v) is 5.52. The molecule has 0 heterocycles. The molecule has 2 unspecified atom stereocenters. The summed E-state index contributed by atoms with van der Waals surface area (Å²) in [6.45, 7) is 13.5. The molecule has 0 saturated carbocycles. The van der Waals surface area contributed by atoms with Gasteiger partial charge in [-0.05, 0) is 12.8 Å². The lowest BCUT2D eigenvalue weighted by atomic mass is 9.87. The van der Waals surface area contributed by atoms with E-state index in [0.717, 1.165) is 18.4 Å². The third kappa shape index (κ3) is 3.54. The van der Waals surface area contributed by atoms with E-state index < -0.39 is 0 Å². The molecule has 0 aromatic carbocycles. The average Bonchev–Trinajstić information content (AvgIpc) is 2.78. The van der Waals surface area contributed by atoms with Crippen LogP contribution in [0.2, 0.25) is 0 Å². The predicted octanol–water partition coefficient (Wildman–Crippen LogP) is 4.59. The van der Waals surface area contributed by atoms with E-state index in [1.54, 1.807) is 0 Å². The number of hydrogen-bond donors (Lipinski definition) is 0. The van der Waals surface area contributed by atoms with Gasteiger partial charge in [-0.15, -0.1) is 0 Å². The van der Waals surface area contributed by atoms with Gasteiger partial charge in [-0.25, -0.2) is 0 Å². The summed E-state index contributed by atoms with van der Waals surface area (Å²) in [5, 5.41) is 0. The highest BCUT2D eigenvalue weighted by atomic mass is 19.3. The zero-order valence-corrected chi connectivity index (χ0v) is 9.92. The Bertz CT molecular complexity index is 243. The van der Waals surface area contributed by atoms with Crippen molar-refractivity contribution in [2.45, 2.75) is 33.6 Å². The first-order chi connectivity index (χ1) is 7.20. The van der Waals surface area contributed by atoms with Crippen molar-refractivity contribution >= 4 is 0 Å². The molecule has 2 atom stereocenters. The molecule has 0 spiro atoms. The third-order valence-corrected chi connectivity index (χ3v) is 2.61. The molecule has 1 aliphatic rings. The summed E-state index contributed by atoms with van der Waals surface area (Å²) in [5.74, 6) is 0.454. The highest BCUT2D eigenvalue weighted by Gasteiger charge is 2.28. The van der Waals surface area contributed by atoms with Crippen LogP contribution in [0, 0.1) is 11.8 Å². The Balaban J connectivity index is 0.000000921. The van der Waals surface area contributed by atoms with Gasteiger partial charge in [0.2, 0.25) is 0 Å². The van der Waals surface area contributed by atoms with E-state index in [-0.39, 0.29) is 17.6 Å². The molecule has 2 heteroatoms. The predicted molar refractivity (Wildman–Crippen MR) is 62.8 cm³/mol. The maximum Gasteiger partial charge on any atom is 0.146 e. The first kappa shape index (κ1) is 13.9. The van der Waals surface area contributed by atoms with E-state index in [2.05, 4.69) is 24.2 Å². The van der Waals surface area contributed by atoms with Crippen LogP contribution in [-0.2, 0) is 4.94 Å². The molecule has 0 aromatic heterocycles.